The summed E-state index contributed by atoms with van der Waals surface area (Å²) >= 11 is 0. The number of carbonyl (C=O) groups is 1. The first-order valence-corrected chi connectivity index (χ1v) is 6.14. The van der Waals surface area contributed by atoms with Crippen molar-refractivity contribution in [2.24, 2.45) is 5.73 Å². The van der Waals surface area contributed by atoms with Gasteiger partial charge in [-0.3, -0.25) is 4.79 Å². The Balaban J connectivity index is 3.53. The molecule has 4 N–H and O–H groups in total. The third-order valence-corrected chi connectivity index (χ3v) is 3.18. The van der Waals surface area contributed by atoms with Crippen LogP contribution in [0.1, 0.15) is 11.6 Å². The molecule has 88 valence electrons. The van der Waals surface area contributed by atoms with Crippen LogP contribution in [0.25, 0.3) is 0 Å². The van der Waals surface area contributed by atoms with Gasteiger partial charge in [-0.25, -0.2) is 8.42 Å². The molecule has 1 rings (SSSR count). The highest BCUT2D eigenvalue weighted by Gasteiger charge is 2.25. The van der Waals surface area contributed by atoms with Crippen LogP contribution in [-0.4, -0.2) is 30.9 Å². The van der Waals surface area contributed by atoms with Gasteiger partial charge in [-0.05, 0) is 6.07 Å². The second kappa shape index (κ2) is 4.11. The van der Waals surface area contributed by atoms with Crippen molar-refractivity contribution in [2.45, 2.75) is 10.9 Å². The van der Waals surface area contributed by atoms with Crippen molar-refractivity contribution in [2.75, 3.05) is 6.26 Å². The highest BCUT2D eigenvalue weighted by molar-refractivity contribution is 7.90. The van der Waals surface area contributed by atoms with Gasteiger partial charge in [0.05, 0.1) is 0 Å². The van der Waals surface area contributed by atoms with E-state index in [-0.39, 0.29) is 5.56 Å². The summed E-state index contributed by atoms with van der Waals surface area (Å²) in [5.41, 5.74) is 5.20. The first-order valence-electron chi connectivity index (χ1n) is 4.25. The summed E-state index contributed by atoms with van der Waals surface area (Å²) in [7, 11) is -3.74. The molecule has 0 aliphatic rings. The lowest BCUT2D eigenvalue weighted by Gasteiger charge is -2.12. The van der Waals surface area contributed by atoms with Crippen LogP contribution < -0.4 is 5.73 Å². The molecule has 0 heterocycles. The van der Waals surface area contributed by atoms with Crippen LogP contribution in [0.2, 0.25) is 0 Å². The van der Waals surface area contributed by atoms with Crippen LogP contribution in [0.3, 0.4) is 0 Å². The van der Waals surface area contributed by atoms with Gasteiger partial charge < -0.3 is 15.9 Å². The van der Waals surface area contributed by atoms with Crippen LogP contribution in [-0.2, 0) is 14.6 Å². The van der Waals surface area contributed by atoms with Crippen LogP contribution in [0.4, 0.5) is 0 Å². The molecule has 0 saturated carbocycles. The molecule has 7 heteroatoms. The van der Waals surface area contributed by atoms with Crippen molar-refractivity contribution in [3.8, 4) is 5.75 Å². The summed E-state index contributed by atoms with van der Waals surface area (Å²) in [6.45, 7) is 0. The van der Waals surface area contributed by atoms with Crippen molar-refractivity contribution in [1.29, 1.82) is 0 Å². The summed E-state index contributed by atoms with van der Waals surface area (Å²) in [5, 5.41) is 18.1. The number of hydrogen-bond donors (Lipinski definition) is 3. The van der Waals surface area contributed by atoms with E-state index < -0.39 is 32.5 Å². The normalized spacial score (nSPS) is 13.4. The molecule has 1 aromatic carbocycles. The molecule has 1 atom stereocenters. The smallest absolute Gasteiger partial charge is 0.325 e. The molecule has 0 amide bonds. The number of aliphatic carboxylic acids is 1. The fraction of sp³-hybridized carbons (Fsp3) is 0.222. The number of carboxylic acid groups (broad SMARTS) is 1. The number of sulfone groups is 1. The van der Waals surface area contributed by atoms with Crippen LogP contribution >= 0.6 is 0 Å². The van der Waals surface area contributed by atoms with Crippen LogP contribution in [0.15, 0.2) is 23.1 Å². The van der Waals surface area contributed by atoms with E-state index in [1.54, 1.807) is 0 Å². The van der Waals surface area contributed by atoms with Crippen molar-refractivity contribution in [1.82, 2.24) is 0 Å². The number of hydrogen-bond acceptors (Lipinski definition) is 5. The van der Waals surface area contributed by atoms with E-state index in [4.69, 9.17) is 10.8 Å². The Kier molecular flexibility index (Phi) is 3.20. The first-order chi connectivity index (χ1) is 7.25. The van der Waals surface area contributed by atoms with Gasteiger partial charge in [0, 0.05) is 11.8 Å². The molecule has 0 spiro atoms. The first kappa shape index (κ1) is 12.5. The predicted molar refractivity (Wildman–Crippen MR) is 55.8 cm³/mol. The lowest BCUT2D eigenvalue weighted by Crippen LogP contribution is -2.23. The second-order valence-corrected chi connectivity index (χ2v) is 5.24. The minimum Gasteiger partial charge on any atom is -0.507 e. The molecule has 1 aromatic rings. The number of aromatic hydroxyl groups is 1. The minimum atomic E-state index is -3.74. The topological polar surface area (TPSA) is 118 Å². The van der Waals surface area contributed by atoms with Crippen molar-refractivity contribution < 1.29 is 23.4 Å². The van der Waals surface area contributed by atoms with E-state index in [0.29, 0.717) is 0 Å². The zero-order chi connectivity index (χ0) is 12.5. The third-order valence-electron chi connectivity index (χ3n) is 2.00. The maximum Gasteiger partial charge on any atom is 0.325 e. The summed E-state index contributed by atoms with van der Waals surface area (Å²) in [6, 6.07) is 2.27. The number of benzene rings is 1. The average Bonchev–Trinajstić information content (AvgIpc) is 2.14. The molecule has 0 aliphatic carbocycles. The fourth-order valence-electron chi connectivity index (χ4n) is 1.32. The van der Waals surface area contributed by atoms with Gasteiger partial charge in [-0.15, -0.1) is 0 Å². The molecule has 0 radical (unpaired) electrons. The molecule has 0 aliphatic heterocycles. The van der Waals surface area contributed by atoms with Crippen molar-refractivity contribution in [3.63, 3.8) is 0 Å². The number of phenolic OH excluding ortho intramolecular Hbond substituents is 1. The average molecular weight is 245 g/mol. The quantitative estimate of drug-likeness (QED) is 0.683. The Bertz CT molecular complexity index is 523. The molecular weight excluding hydrogens is 234 g/mol. The maximum atomic E-state index is 11.4. The van der Waals surface area contributed by atoms with Gasteiger partial charge in [-0.2, -0.15) is 0 Å². The zero-order valence-corrected chi connectivity index (χ0v) is 9.23. The lowest BCUT2D eigenvalue weighted by molar-refractivity contribution is -0.138. The number of rotatable bonds is 3. The van der Waals surface area contributed by atoms with Gasteiger partial charge in [0.1, 0.15) is 16.7 Å². The Labute approximate surface area is 92.2 Å². The minimum absolute atomic E-state index is 0.130. The molecule has 0 aromatic heterocycles. The maximum absolute atomic E-state index is 11.4. The molecule has 6 nitrogen and oxygen atoms in total. The highest BCUT2D eigenvalue weighted by Crippen LogP contribution is 2.29. The second-order valence-electron chi connectivity index (χ2n) is 3.28. The molecule has 1 unspecified atom stereocenters. The molecule has 0 fully saturated rings. The van der Waals surface area contributed by atoms with Gasteiger partial charge in [0.25, 0.3) is 0 Å². The number of carboxylic acids is 1. The van der Waals surface area contributed by atoms with E-state index in [9.17, 15) is 18.3 Å². The Morgan fingerprint density at radius 2 is 2.00 bits per heavy atom. The summed E-state index contributed by atoms with van der Waals surface area (Å²) < 4.78 is 22.8. The largest absolute Gasteiger partial charge is 0.507 e. The van der Waals surface area contributed by atoms with Crippen LogP contribution in [0.5, 0.6) is 5.75 Å². The lowest BCUT2D eigenvalue weighted by atomic mass is 10.1. The number of phenols is 1. The summed E-state index contributed by atoms with van der Waals surface area (Å²) in [6.07, 6.45) is 0.875. The Morgan fingerprint density at radius 1 is 1.44 bits per heavy atom. The van der Waals surface area contributed by atoms with E-state index in [1.807, 2.05) is 0 Å². The summed E-state index contributed by atoms with van der Waals surface area (Å²) in [4.78, 5) is 10.2. The standard InChI is InChI=1S/C9H11NO5S/c1-16(14,15)8-5(7(10)9(12)13)3-2-4-6(8)11/h2-4,7,11H,10H2,1H3,(H,12,13). The van der Waals surface area contributed by atoms with Gasteiger partial charge in [0.15, 0.2) is 9.84 Å². The molecular formula is C9H11NO5S. The Hall–Kier alpha value is -1.60. The van der Waals surface area contributed by atoms with Gasteiger partial charge in [0.2, 0.25) is 0 Å². The molecule has 0 bridgehead atoms. The molecule has 0 saturated heterocycles. The van der Waals surface area contributed by atoms with Crippen LogP contribution in [0, 0.1) is 0 Å². The van der Waals surface area contributed by atoms with E-state index in [0.717, 1.165) is 12.3 Å². The predicted octanol–water partition coefficient (Wildman–Crippen LogP) is -0.120. The van der Waals surface area contributed by atoms with Crippen molar-refractivity contribution >= 4 is 15.8 Å². The van der Waals surface area contributed by atoms with Gasteiger partial charge in [-0.1, -0.05) is 12.1 Å². The van der Waals surface area contributed by atoms with E-state index in [2.05, 4.69) is 0 Å². The Morgan fingerprint density at radius 3 is 2.44 bits per heavy atom. The van der Waals surface area contributed by atoms with Gasteiger partial charge >= 0.3 is 5.97 Å². The van der Waals surface area contributed by atoms with E-state index in [1.165, 1.54) is 12.1 Å². The van der Waals surface area contributed by atoms with Crippen molar-refractivity contribution in [3.05, 3.63) is 23.8 Å². The number of nitrogens with two attached hydrogens (primary N) is 1. The fourth-order valence-corrected chi connectivity index (χ4v) is 2.40. The van der Waals surface area contributed by atoms with E-state index >= 15 is 0 Å². The summed E-state index contributed by atoms with van der Waals surface area (Å²) in [5.74, 6) is -1.87. The third kappa shape index (κ3) is 2.31. The zero-order valence-electron chi connectivity index (χ0n) is 8.41. The molecule has 16 heavy (non-hydrogen) atoms. The monoisotopic (exact) mass is 245 g/mol. The highest BCUT2D eigenvalue weighted by atomic mass is 32.2. The SMILES string of the molecule is CS(=O)(=O)c1c(O)cccc1C(N)C(=O)O.